The van der Waals surface area contributed by atoms with Crippen LogP contribution in [0.4, 0.5) is 37.8 Å². The number of halogens is 6. The Kier molecular flexibility index (Phi) is 6.85. The number of hydrogen-bond acceptors (Lipinski definition) is 5. The smallest absolute Gasteiger partial charge is 0.371 e. The third kappa shape index (κ3) is 5.73. The van der Waals surface area contributed by atoms with Gasteiger partial charge in [-0.25, -0.2) is 9.97 Å². The molecule has 0 unspecified atom stereocenters. The van der Waals surface area contributed by atoms with Crippen molar-refractivity contribution < 1.29 is 31.1 Å². The summed E-state index contributed by atoms with van der Waals surface area (Å²) >= 11 is 0. The van der Waals surface area contributed by atoms with Gasteiger partial charge in [0.05, 0.1) is 28.4 Å². The molecule has 11 heteroatoms. The number of aromatic nitrogens is 3. The van der Waals surface area contributed by atoms with Crippen molar-refractivity contribution in [3.63, 3.8) is 0 Å². The molecule has 0 saturated heterocycles. The van der Waals surface area contributed by atoms with Crippen LogP contribution in [0.2, 0.25) is 0 Å². The molecule has 2 aromatic heterocycles. The summed E-state index contributed by atoms with van der Waals surface area (Å²) in [6.07, 6.45) is -7.94. The van der Waals surface area contributed by atoms with Gasteiger partial charge in [0, 0.05) is 22.8 Å². The molecule has 0 spiro atoms. The van der Waals surface area contributed by atoms with Gasteiger partial charge in [-0.1, -0.05) is 6.07 Å². The molecule has 36 heavy (non-hydrogen) atoms. The first kappa shape index (κ1) is 25.4. The number of alkyl halides is 6. The molecular formula is C25H20F6N4O. The van der Waals surface area contributed by atoms with Crippen LogP contribution in [0.1, 0.15) is 30.8 Å². The van der Waals surface area contributed by atoms with E-state index in [1.165, 1.54) is 36.5 Å². The highest BCUT2D eigenvalue weighted by atomic mass is 19.4. The van der Waals surface area contributed by atoms with Crippen molar-refractivity contribution >= 4 is 22.4 Å². The van der Waals surface area contributed by atoms with Crippen molar-refractivity contribution in [2.75, 3.05) is 5.32 Å². The molecule has 0 amide bonds. The molecule has 0 radical (unpaired) electrons. The maximum atomic E-state index is 13.5. The van der Waals surface area contributed by atoms with Crippen molar-refractivity contribution in [3.05, 3.63) is 77.7 Å². The van der Waals surface area contributed by atoms with Crippen LogP contribution < -0.4 is 5.32 Å². The topological polar surface area (TPSA) is 59.9 Å². The number of anilines is 2. The van der Waals surface area contributed by atoms with Crippen LogP contribution in [-0.4, -0.2) is 21.1 Å². The molecular weight excluding hydrogens is 486 g/mol. The minimum atomic E-state index is -4.60. The van der Waals surface area contributed by atoms with Gasteiger partial charge >= 0.3 is 12.4 Å². The summed E-state index contributed by atoms with van der Waals surface area (Å²) in [5.41, 5.74) is -1.07. The van der Waals surface area contributed by atoms with E-state index in [0.29, 0.717) is 16.6 Å². The largest absolute Gasteiger partial charge is 0.418 e. The Morgan fingerprint density at radius 1 is 0.889 bits per heavy atom. The Hall–Kier alpha value is -3.73. The molecule has 0 aliphatic rings. The lowest BCUT2D eigenvalue weighted by atomic mass is 10.0. The first-order valence-corrected chi connectivity index (χ1v) is 10.8. The van der Waals surface area contributed by atoms with Gasteiger partial charge in [0.15, 0.2) is 5.82 Å². The van der Waals surface area contributed by atoms with Crippen LogP contribution in [-0.2, 0) is 23.7 Å². The van der Waals surface area contributed by atoms with Crippen LogP contribution in [0.5, 0.6) is 0 Å². The van der Waals surface area contributed by atoms with E-state index >= 15 is 0 Å². The Morgan fingerprint density at radius 2 is 1.61 bits per heavy atom. The first-order valence-electron chi connectivity index (χ1n) is 10.8. The van der Waals surface area contributed by atoms with Crippen molar-refractivity contribution in [1.29, 1.82) is 0 Å². The molecule has 4 aromatic rings. The second-order valence-corrected chi connectivity index (χ2v) is 8.18. The van der Waals surface area contributed by atoms with Crippen LogP contribution in [0, 0.1) is 0 Å². The van der Waals surface area contributed by atoms with E-state index in [1.807, 2.05) is 13.8 Å². The molecule has 0 bridgehead atoms. The van der Waals surface area contributed by atoms with E-state index in [1.54, 1.807) is 6.07 Å². The summed E-state index contributed by atoms with van der Waals surface area (Å²) in [7, 11) is 0. The van der Waals surface area contributed by atoms with Crippen molar-refractivity contribution in [3.8, 4) is 11.3 Å². The van der Waals surface area contributed by atoms with E-state index in [9.17, 15) is 26.3 Å². The van der Waals surface area contributed by atoms with Gasteiger partial charge < -0.3 is 10.1 Å². The van der Waals surface area contributed by atoms with E-state index in [2.05, 4.69) is 20.3 Å². The van der Waals surface area contributed by atoms with Crippen LogP contribution in [0.3, 0.4) is 0 Å². The molecule has 0 atom stereocenters. The molecule has 0 aliphatic heterocycles. The number of benzene rings is 2. The van der Waals surface area contributed by atoms with Crippen LogP contribution in [0.25, 0.3) is 22.2 Å². The lowest BCUT2D eigenvalue weighted by Gasteiger charge is -2.15. The normalized spacial score (nSPS) is 12.4. The zero-order valence-electron chi connectivity index (χ0n) is 19.1. The van der Waals surface area contributed by atoms with Gasteiger partial charge in [0.1, 0.15) is 12.4 Å². The average Bonchev–Trinajstić information content (AvgIpc) is 2.81. The Bertz CT molecular complexity index is 1370. The standard InChI is InChI=1S/C25H20F6N4O/c1-14(2)36-13-21-34-20-12-15(22-19(25(29,30)31)4-3-11-32-22)5-10-18(20)23(35-21)33-17-8-6-16(7-9-17)24(26,27)28/h3-12,14H,13H2,1-2H3,(H,33,34,35). The number of hydrogen-bond donors (Lipinski definition) is 1. The molecule has 188 valence electrons. The molecule has 4 rings (SSSR count). The van der Waals surface area contributed by atoms with Gasteiger partial charge in [0.25, 0.3) is 0 Å². The predicted octanol–water partition coefficient (Wildman–Crippen LogP) is 7.40. The van der Waals surface area contributed by atoms with Gasteiger partial charge in [0.2, 0.25) is 0 Å². The lowest BCUT2D eigenvalue weighted by Crippen LogP contribution is -2.09. The minimum Gasteiger partial charge on any atom is -0.371 e. The summed E-state index contributed by atoms with van der Waals surface area (Å²) in [4.78, 5) is 12.8. The van der Waals surface area contributed by atoms with Crippen molar-refractivity contribution in [2.24, 2.45) is 0 Å². The van der Waals surface area contributed by atoms with Gasteiger partial charge in [-0.2, -0.15) is 26.3 Å². The number of pyridine rings is 1. The maximum Gasteiger partial charge on any atom is 0.418 e. The van der Waals surface area contributed by atoms with E-state index < -0.39 is 23.5 Å². The van der Waals surface area contributed by atoms with E-state index in [0.717, 1.165) is 18.2 Å². The third-order valence-corrected chi connectivity index (χ3v) is 5.15. The van der Waals surface area contributed by atoms with Gasteiger partial charge in [-0.15, -0.1) is 0 Å². The summed E-state index contributed by atoms with van der Waals surface area (Å²) in [6.45, 7) is 3.66. The Morgan fingerprint density at radius 3 is 2.25 bits per heavy atom. The first-order chi connectivity index (χ1) is 16.9. The fourth-order valence-corrected chi connectivity index (χ4v) is 3.47. The lowest BCUT2D eigenvalue weighted by molar-refractivity contribution is -0.138. The maximum absolute atomic E-state index is 13.5. The SMILES string of the molecule is CC(C)OCc1nc(Nc2ccc(C(F)(F)F)cc2)c2ccc(-c3ncccc3C(F)(F)F)cc2n1. The molecule has 0 aliphatic carbocycles. The average molecular weight is 506 g/mol. The molecule has 1 N–H and O–H groups in total. The molecule has 5 nitrogen and oxygen atoms in total. The highest BCUT2D eigenvalue weighted by Gasteiger charge is 2.34. The number of nitrogens with zero attached hydrogens (tertiary/aromatic N) is 3. The zero-order valence-corrected chi connectivity index (χ0v) is 19.1. The van der Waals surface area contributed by atoms with Crippen LogP contribution in [0.15, 0.2) is 60.8 Å². The summed E-state index contributed by atoms with van der Waals surface area (Å²) in [6, 6.07) is 11.0. The fourth-order valence-electron chi connectivity index (χ4n) is 3.47. The fraction of sp³-hybridized carbons (Fsp3) is 0.240. The van der Waals surface area contributed by atoms with Crippen molar-refractivity contribution in [1.82, 2.24) is 15.0 Å². The number of fused-ring (bicyclic) bond motifs is 1. The van der Waals surface area contributed by atoms with Gasteiger partial charge in [-0.05, 0) is 62.4 Å². The predicted molar refractivity (Wildman–Crippen MR) is 122 cm³/mol. The second-order valence-electron chi connectivity index (χ2n) is 8.18. The quantitative estimate of drug-likeness (QED) is 0.276. The molecule has 2 heterocycles. The number of nitrogens with one attached hydrogen (secondary N) is 1. The molecule has 2 aromatic carbocycles. The highest BCUT2D eigenvalue weighted by molar-refractivity contribution is 5.93. The van der Waals surface area contributed by atoms with E-state index in [4.69, 9.17) is 4.74 Å². The van der Waals surface area contributed by atoms with E-state index in [-0.39, 0.29) is 35.6 Å². The monoisotopic (exact) mass is 506 g/mol. The number of rotatable bonds is 6. The van der Waals surface area contributed by atoms with Crippen LogP contribution >= 0.6 is 0 Å². The molecule has 0 saturated carbocycles. The summed E-state index contributed by atoms with van der Waals surface area (Å²) in [5, 5.41) is 3.43. The highest BCUT2D eigenvalue weighted by Crippen LogP contribution is 2.37. The Labute approximate surface area is 202 Å². The zero-order chi connectivity index (χ0) is 26.1. The third-order valence-electron chi connectivity index (χ3n) is 5.15. The minimum absolute atomic E-state index is 0.0247. The Balaban J connectivity index is 1.79. The number of ether oxygens (including phenoxy) is 1. The molecule has 0 fully saturated rings. The summed E-state index contributed by atoms with van der Waals surface area (Å²) in [5.74, 6) is 0.519. The summed E-state index contributed by atoms with van der Waals surface area (Å²) < 4.78 is 84.9. The van der Waals surface area contributed by atoms with Crippen molar-refractivity contribution in [2.45, 2.75) is 38.9 Å². The second kappa shape index (κ2) is 9.73. The van der Waals surface area contributed by atoms with Gasteiger partial charge in [-0.3, -0.25) is 4.98 Å².